The van der Waals surface area contributed by atoms with Crippen molar-refractivity contribution in [3.8, 4) is 5.75 Å². The van der Waals surface area contributed by atoms with E-state index in [0.29, 0.717) is 13.0 Å². The highest BCUT2D eigenvalue weighted by Crippen LogP contribution is 2.21. The number of hydrogen-bond donors (Lipinski definition) is 1. The van der Waals surface area contributed by atoms with Crippen molar-refractivity contribution in [2.24, 2.45) is 5.73 Å². The van der Waals surface area contributed by atoms with Crippen molar-refractivity contribution in [2.45, 2.75) is 12.3 Å². The lowest BCUT2D eigenvalue weighted by molar-refractivity contribution is 0.284. The van der Waals surface area contributed by atoms with Crippen LogP contribution in [0.4, 0.5) is 13.2 Å². The molecular weight excluding hydrogens is 279 g/mol. The summed E-state index contributed by atoms with van der Waals surface area (Å²) in [5.41, 5.74) is 6.60. The van der Waals surface area contributed by atoms with Crippen LogP contribution in [0.1, 0.15) is 17.9 Å². The highest BCUT2D eigenvalue weighted by atomic mass is 19.1. The van der Waals surface area contributed by atoms with Crippen molar-refractivity contribution >= 4 is 0 Å². The molecule has 2 nitrogen and oxygen atoms in total. The predicted octanol–water partition coefficient (Wildman–Crippen LogP) is 3.62. The van der Waals surface area contributed by atoms with Gasteiger partial charge in [-0.15, -0.1) is 0 Å². The summed E-state index contributed by atoms with van der Waals surface area (Å²) < 4.78 is 44.3. The first-order valence-corrected chi connectivity index (χ1v) is 6.63. The summed E-state index contributed by atoms with van der Waals surface area (Å²) in [6, 6.07) is 9.25. The van der Waals surface area contributed by atoms with E-state index in [1.54, 1.807) is 12.1 Å². The Bertz CT molecular complexity index is 587. The molecule has 2 N–H and O–H groups in total. The predicted molar refractivity (Wildman–Crippen MR) is 74.7 cm³/mol. The Morgan fingerprint density at radius 1 is 0.952 bits per heavy atom. The molecule has 0 bridgehead atoms. The maximum absolute atomic E-state index is 13.4. The SMILES string of the molecule is NCC(CCOc1ccc(F)cc1F)c1ccc(F)cc1. The van der Waals surface area contributed by atoms with Crippen molar-refractivity contribution in [1.29, 1.82) is 0 Å². The van der Waals surface area contributed by atoms with E-state index < -0.39 is 11.6 Å². The fourth-order valence-electron chi connectivity index (χ4n) is 2.06. The highest BCUT2D eigenvalue weighted by molar-refractivity contribution is 5.25. The molecule has 1 atom stereocenters. The smallest absolute Gasteiger partial charge is 0.167 e. The molecule has 0 saturated carbocycles. The van der Waals surface area contributed by atoms with E-state index in [0.717, 1.165) is 17.7 Å². The second kappa shape index (κ2) is 7.13. The zero-order chi connectivity index (χ0) is 15.2. The van der Waals surface area contributed by atoms with Gasteiger partial charge in [-0.3, -0.25) is 0 Å². The average Bonchev–Trinajstić information content (AvgIpc) is 2.47. The number of hydrogen-bond acceptors (Lipinski definition) is 2. The standard InChI is InChI=1S/C16H16F3NO/c17-13-3-1-11(2-4-13)12(10-20)7-8-21-16-6-5-14(18)9-15(16)19/h1-6,9,12H,7-8,10,20H2. The fraction of sp³-hybridized carbons (Fsp3) is 0.250. The van der Waals surface area contributed by atoms with Crippen LogP contribution in [0.25, 0.3) is 0 Å². The van der Waals surface area contributed by atoms with E-state index in [4.69, 9.17) is 10.5 Å². The van der Waals surface area contributed by atoms with Gasteiger partial charge in [0.1, 0.15) is 11.6 Å². The lowest BCUT2D eigenvalue weighted by Gasteiger charge is -2.16. The number of benzene rings is 2. The van der Waals surface area contributed by atoms with Crippen LogP contribution < -0.4 is 10.5 Å². The largest absolute Gasteiger partial charge is 0.490 e. The van der Waals surface area contributed by atoms with Crippen molar-refractivity contribution < 1.29 is 17.9 Å². The second-order valence-electron chi connectivity index (χ2n) is 4.70. The van der Waals surface area contributed by atoms with Gasteiger partial charge in [-0.1, -0.05) is 12.1 Å². The maximum Gasteiger partial charge on any atom is 0.167 e. The number of ether oxygens (including phenoxy) is 1. The quantitative estimate of drug-likeness (QED) is 0.883. The molecule has 0 fully saturated rings. The second-order valence-corrected chi connectivity index (χ2v) is 4.70. The highest BCUT2D eigenvalue weighted by Gasteiger charge is 2.11. The molecule has 0 radical (unpaired) electrons. The molecule has 0 spiro atoms. The summed E-state index contributed by atoms with van der Waals surface area (Å²) in [6.07, 6.45) is 0.555. The van der Waals surface area contributed by atoms with E-state index in [-0.39, 0.29) is 24.1 Å². The Labute approximate surface area is 121 Å². The average molecular weight is 295 g/mol. The molecule has 0 amide bonds. The summed E-state index contributed by atoms with van der Waals surface area (Å²) in [4.78, 5) is 0. The molecule has 0 aliphatic carbocycles. The van der Waals surface area contributed by atoms with E-state index in [2.05, 4.69) is 0 Å². The monoisotopic (exact) mass is 295 g/mol. The lowest BCUT2D eigenvalue weighted by atomic mass is 9.96. The van der Waals surface area contributed by atoms with E-state index >= 15 is 0 Å². The van der Waals surface area contributed by atoms with E-state index in [9.17, 15) is 13.2 Å². The van der Waals surface area contributed by atoms with Gasteiger partial charge >= 0.3 is 0 Å². The van der Waals surface area contributed by atoms with Gasteiger partial charge in [-0.25, -0.2) is 13.2 Å². The fourth-order valence-corrected chi connectivity index (χ4v) is 2.06. The van der Waals surface area contributed by atoms with Gasteiger partial charge in [-0.2, -0.15) is 0 Å². The number of halogens is 3. The molecule has 0 aliphatic rings. The van der Waals surface area contributed by atoms with Gasteiger partial charge in [0.15, 0.2) is 11.6 Å². The first-order valence-electron chi connectivity index (χ1n) is 6.63. The molecule has 5 heteroatoms. The summed E-state index contributed by atoms with van der Waals surface area (Å²) in [6.45, 7) is 0.614. The minimum Gasteiger partial charge on any atom is -0.490 e. The maximum atomic E-state index is 13.4. The van der Waals surface area contributed by atoms with Crippen LogP contribution in [0.15, 0.2) is 42.5 Å². The minimum atomic E-state index is -0.735. The van der Waals surface area contributed by atoms with Crippen LogP contribution in [-0.2, 0) is 0 Å². The van der Waals surface area contributed by atoms with Crippen LogP contribution in [-0.4, -0.2) is 13.2 Å². The molecule has 21 heavy (non-hydrogen) atoms. The first kappa shape index (κ1) is 15.4. The molecule has 0 heterocycles. The molecule has 1 unspecified atom stereocenters. The van der Waals surface area contributed by atoms with E-state index in [1.807, 2.05) is 0 Å². The summed E-state index contributed by atoms with van der Waals surface area (Å²) >= 11 is 0. The molecule has 2 aromatic carbocycles. The molecular formula is C16H16F3NO. The van der Waals surface area contributed by atoms with Crippen molar-refractivity contribution in [1.82, 2.24) is 0 Å². The van der Waals surface area contributed by atoms with Gasteiger partial charge in [0.25, 0.3) is 0 Å². The summed E-state index contributed by atoms with van der Waals surface area (Å²) in [5.74, 6) is -1.69. The minimum absolute atomic E-state index is 0.00545. The molecule has 0 saturated heterocycles. The lowest BCUT2D eigenvalue weighted by Crippen LogP contribution is -2.15. The zero-order valence-electron chi connectivity index (χ0n) is 11.4. The topological polar surface area (TPSA) is 35.2 Å². The molecule has 0 aromatic heterocycles. The summed E-state index contributed by atoms with van der Waals surface area (Å²) in [7, 11) is 0. The Balaban J connectivity index is 1.93. The molecule has 112 valence electrons. The Morgan fingerprint density at radius 2 is 1.62 bits per heavy atom. The van der Waals surface area contributed by atoms with Crippen molar-refractivity contribution in [3.05, 3.63) is 65.5 Å². The Hall–Kier alpha value is -2.01. The van der Waals surface area contributed by atoms with Gasteiger partial charge in [-0.05, 0) is 48.7 Å². The van der Waals surface area contributed by atoms with Crippen LogP contribution in [0.2, 0.25) is 0 Å². The van der Waals surface area contributed by atoms with Crippen LogP contribution in [0.5, 0.6) is 5.75 Å². The first-order chi connectivity index (χ1) is 10.1. The zero-order valence-corrected chi connectivity index (χ0v) is 11.4. The van der Waals surface area contributed by atoms with Gasteiger partial charge < -0.3 is 10.5 Å². The third kappa shape index (κ3) is 4.23. The van der Waals surface area contributed by atoms with Crippen molar-refractivity contribution in [2.75, 3.05) is 13.2 Å². The Morgan fingerprint density at radius 3 is 2.24 bits per heavy atom. The molecule has 2 aromatic rings. The van der Waals surface area contributed by atoms with Crippen LogP contribution in [0.3, 0.4) is 0 Å². The van der Waals surface area contributed by atoms with Gasteiger partial charge in [0.2, 0.25) is 0 Å². The molecule has 2 rings (SSSR count). The van der Waals surface area contributed by atoms with Crippen LogP contribution >= 0.6 is 0 Å². The molecule has 0 aliphatic heterocycles. The van der Waals surface area contributed by atoms with Crippen molar-refractivity contribution in [3.63, 3.8) is 0 Å². The Kier molecular flexibility index (Phi) is 5.22. The number of rotatable bonds is 6. The van der Waals surface area contributed by atoms with Gasteiger partial charge in [0.05, 0.1) is 6.61 Å². The van der Waals surface area contributed by atoms with Gasteiger partial charge in [0, 0.05) is 6.07 Å². The third-order valence-corrected chi connectivity index (χ3v) is 3.24. The normalized spacial score (nSPS) is 12.2. The van der Waals surface area contributed by atoms with E-state index in [1.165, 1.54) is 18.2 Å². The third-order valence-electron chi connectivity index (χ3n) is 3.24. The summed E-state index contributed by atoms with van der Waals surface area (Å²) in [5, 5.41) is 0. The number of nitrogens with two attached hydrogens (primary N) is 1. The van der Waals surface area contributed by atoms with Crippen LogP contribution in [0, 0.1) is 17.5 Å².